The van der Waals surface area contributed by atoms with Crippen molar-refractivity contribution in [3.8, 4) is 0 Å². The number of hydrogen-bond donors (Lipinski definition) is 1. The first-order valence-electron chi connectivity index (χ1n) is 7.84. The average molecular weight is 383 g/mol. The summed E-state index contributed by atoms with van der Waals surface area (Å²) in [7, 11) is 0. The molecule has 1 fully saturated rings. The summed E-state index contributed by atoms with van der Waals surface area (Å²) < 4.78 is 38.4. The molecule has 136 valence electrons. The van der Waals surface area contributed by atoms with E-state index in [-0.39, 0.29) is 17.2 Å². The second kappa shape index (κ2) is 6.99. The van der Waals surface area contributed by atoms with Crippen LogP contribution in [0.25, 0.3) is 0 Å². The lowest BCUT2D eigenvalue weighted by Gasteiger charge is -2.20. The van der Waals surface area contributed by atoms with Gasteiger partial charge >= 0.3 is 6.18 Å². The normalized spacial score (nSPS) is 14.6. The molecular weight excluding hydrogens is 369 g/mol. The molecule has 4 nitrogen and oxygen atoms in total. The summed E-state index contributed by atoms with van der Waals surface area (Å²) in [6.45, 7) is 0.461. The number of carbonyl (C=O) groups is 2. The SMILES string of the molecule is O=C(Nc1cccc(C(F)(F)F)c1)c1ccc(Cl)cc1N1CCCC1=O. The van der Waals surface area contributed by atoms with E-state index < -0.39 is 17.6 Å². The summed E-state index contributed by atoms with van der Waals surface area (Å²) in [6, 6.07) is 8.81. The molecule has 0 radical (unpaired) electrons. The lowest BCUT2D eigenvalue weighted by Crippen LogP contribution is -2.27. The van der Waals surface area contributed by atoms with E-state index in [0.29, 0.717) is 30.1 Å². The van der Waals surface area contributed by atoms with Gasteiger partial charge in [0.25, 0.3) is 5.91 Å². The number of nitrogens with one attached hydrogen (secondary N) is 1. The number of alkyl halides is 3. The molecule has 0 spiro atoms. The minimum atomic E-state index is -4.51. The summed E-state index contributed by atoms with van der Waals surface area (Å²) in [4.78, 5) is 26.1. The van der Waals surface area contributed by atoms with Gasteiger partial charge < -0.3 is 10.2 Å². The van der Waals surface area contributed by atoms with E-state index in [4.69, 9.17) is 11.6 Å². The maximum absolute atomic E-state index is 12.8. The van der Waals surface area contributed by atoms with Crippen LogP contribution in [0.5, 0.6) is 0 Å². The smallest absolute Gasteiger partial charge is 0.322 e. The maximum Gasteiger partial charge on any atom is 0.416 e. The van der Waals surface area contributed by atoms with Crippen molar-refractivity contribution in [3.05, 3.63) is 58.6 Å². The van der Waals surface area contributed by atoms with Gasteiger partial charge in [0.1, 0.15) is 0 Å². The van der Waals surface area contributed by atoms with E-state index in [2.05, 4.69) is 5.32 Å². The predicted octanol–water partition coefficient (Wildman–Crippen LogP) is 4.74. The monoisotopic (exact) mass is 382 g/mol. The maximum atomic E-state index is 12.8. The summed E-state index contributed by atoms with van der Waals surface area (Å²) >= 11 is 5.98. The third kappa shape index (κ3) is 3.83. The average Bonchev–Trinajstić information content (AvgIpc) is 3.00. The van der Waals surface area contributed by atoms with Gasteiger partial charge in [-0.1, -0.05) is 17.7 Å². The molecule has 2 aromatic rings. The molecule has 0 aromatic heterocycles. The van der Waals surface area contributed by atoms with Crippen LogP contribution in [0, 0.1) is 0 Å². The van der Waals surface area contributed by atoms with Crippen LogP contribution in [0.3, 0.4) is 0 Å². The van der Waals surface area contributed by atoms with Gasteiger partial charge in [0.15, 0.2) is 0 Å². The zero-order valence-electron chi connectivity index (χ0n) is 13.4. The van der Waals surface area contributed by atoms with Crippen LogP contribution in [0.15, 0.2) is 42.5 Å². The number of carbonyl (C=O) groups excluding carboxylic acids is 2. The minimum Gasteiger partial charge on any atom is -0.322 e. The number of nitrogens with zero attached hydrogens (tertiary/aromatic N) is 1. The molecule has 0 bridgehead atoms. The van der Waals surface area contributed by atoms with Gasteiger partial charge in [-0.25, -0.2) is 0 Å². The van der Waals surface area contributed by atoms with Gasteiger partial charge in [-0.05, 0) is 42.8 Å². The molecule has 0 unspecified atom stereocenters. The predicted molar refractivity (Wildman–Crippen MR) is 92.4 cm³/mol. The van der Waals surface area contributed by atoms with Crippen LogP contribution < -0.4 is 10.2 Å². The van der Waals surface area contributed by atoms with Gasteiger partial charge in [0.05, 0.1) is 16.8 Å². The van der Waals surface area contributed by atoms with Crippen LogP contribution in [0.1, 0.15) is 28.8 Å². The Morgan fingerprint density at radius 2 is 1.92 bits per heavy atom. The molecule has 1 N–H and O–H groups in total. The molecule has 2 amide bonds. The van der Waals surface area contributed by atoms with Crippen LogP contribution in [-0.4, -0.2) is 18.4 Å². The first-order valence-corrected chi connectivity index (χ1v) is 8.22. The quantitative estimate of drug-likeness (QED) is 0.833. The summed E-state index contributed by atoms with van der Waals surface area (Å²) in [6.07, 6.45) is -3.46. The Morgan fingerprint density at radius 1 is 1.15 bits per heavy atom. The van der Waals surface area contributed by atoms with Crippen molar-refractivity contribution in [3.63, 3.8) is 0 Å². The van der Waals surface area contributed by atoms with Gasteiger partial charge in [-0.2, -0.15) is 13.2 Å². The Hall–Kier alpha value is -2.54. The van der Waals surface area contributed by atoms with Crippen molar-refractivity contribution in [1.29, 1.82) is 0 Å². The highest BCUT2D eigenvalue weighted by Crippen LogP contribution is 2.32. The molecule has 0 aliphatic carbocycles. The summed E-state index contributed by atoms with van der Waals surface area (Å²) in [5.41, 5.74) is -0.327. The van der Waals surface area contributed by atoms with Crippen molar-refractivity contribution in [1.82, 2.24) is 0 Å². The third-order valence-electron chi connectivity index (χ3n) is 4.02. The Labute approximate surface area is 152 Å². The zero-order valence-corrected chi connectivity index (χ0v) is 14.2. The van der Waals surface area contributed by atoms with Gasteiger partial charge in [-0.15, -0.1) is 0 Å². The van der Waals surface area contributed by atoms with Crippen molar-refractivity contribution < 1.29 is 22.8 Å². The number of benzene rings is 2. The fourth-order valence-corrected chi connectivity index (χ4v) is 2.96. The van der Waals surface area contributed by atoms with Gasteiger partial charge in [0.2, 0.25) is 5.91 Å². The number of hydrogen-bond acceptors (Lipinski definition) is 2. The van der Waals surface area contributed by atoms with Crippen LogP contribution >= 0.6 is 11.6 Å². The van der Waals surface area contributed by atoms with E-state index >= 15 is 0 Å². The topological polar surface area (TPSA) is 49.4 Å². The number of anilines is 2. The Kier molecular flexibility index (Phi) is 4.91. The molecule has 0 saturated carbocycles. The van der Waals surface area contributed by atoms with E-state index in [1.807, 2.05) is 0 Å². The van der Waals surface area contributed by atoms with Crippen molar-refractivity contribution in [2.24, 2.45) is 0 Å². The molecule has 1 saturated heterocycles. The molecule has 2 aromatic carbocycles. The van der Waals surface area contributed by atoms with Gasteiger partial charge in [-0.3, -0.25) is 9.59 Å². The molecule has 26 heavy (non-hydrogen) atoms. The van der Waals surface area contributed by atoms with Crippen molar-refractivity contribution >= 4 is 34.8 Å². The fraction of sp³-hybridized carbons (Fsp3) is 0.222. The fourth-order valence-electron chi connectivity index (χ4n) is 2.79. The molecule has 1 heterocycles. The molecule has 0 atom stereocenters. The van der Waals surface area contributed by atoms with Crippen molar-refractivity contribution in [2.45, 2.75) is 19.0 Å². The van der Waals surface area contributed by atoms with E-state index in [1.165, 1.54) is 35.2 Å². The van der Waals surface area contributed by atoms with Crippen LogP contribution in [-0.2, 0) is 11.0 Å². The van der Waals surface area contributed by atoms with Crippen molar-refractivity contribution in [2.75, 3.05) is 16.8 Å². The van der Waals surface area contributed by atoms with Crippen LogP contribution in [0.2, 0.25) is 5.02 Å². The number of rotatable bonds is 3. The first-order chi connectivity index (χ1) is 12.3. The Morgan fingerprint density at radius 3 is 2.58 bits per heavy atom. The highest BCUT2D eigenvalue weighted by atomic mass is 35.5. The molecular formula is C18H14ClF3N2O2. The van der Waals surface area contributed by atoms with E-state index in [0.717, 1.165) is 12.1 Å². The summed E-state index contributed by atoms with van der Waals surface area (Å²) in [5.74, 6) is -0.740. The molecule has 1 aliphatic heterocycles. The van der Waals surface area contributed by atoms with Crippen LogP contribution in [0.4, 0.5) is 24.5 Å². The number of halogens is 4. The first kappa shape index (κ1) is 18.3. The largest absolute Gasteiger partial charge is 0.416 e. The number of amides is 2. The standard InChI is InChI=1S/C18H14ClF3N2O2/c19-12-6-7-14(15(10-12)24-8-2-5-16(24)25)17(26)23-13-4-1-3-11(9-13)18(20,21)22/h1,3-4,6-7,9-10H,2,5,8H2,(H,23,26). The Balaban J connectivity index is 1.90. The Bertz CT molecular complexity index is 868. The van der Waals surface area contributed by atoms with E-state index in [1.54, 1.807) is 0 Å². The summed E-state index contributed by atoms with van der Waals surface area (Å²) in [5, 5.41) is 2.81. The highest BCUT2D eigenvalue weighted by Gasteiger charge is 2.31. The second-order valence-electron chi connectivity index (χ2n) is 5.84. The lowest BCUT2D eigenvalue weighted by atomic mass is 10.1. The molecule has 3 rings (SSSR count). The second-order valence-corrected chi connectivity index (χ2v) is 6.28. The molecule has 8 heteroatoms. The van der Waals surface area contributed by atoms with Gasteiger partial charge in [0, 0.05) is 23.7 Å². The third-order valence-corrected chi connectivity index (χ3v) is 4.25. The lowest BCUT2D eigenvalue weighted by molar-refractivity contribution is -0.137. The van der Waals surface area contributed by atoms with E-state index in [9.17, 15) is 22.8 Å². The molecule has 1 aliphatic rings. The highest BCUT2D eigenvalue weighted by molar-refractivity contribution is 6.31. The zero-order chi connectivity index (χ0) is 18.9. The minimum absolute atomic E-state index is 0.0125.